The molecule has 6 nitrogen and oxygen atoms in total. The topological polar surface area (TPSA) is 78.3 Å². The predicted octanol–water partition coefficient (Wildman–Crippen LogP) is 0.246. The smallest absolute Gasteiger partial charge is 0.350 e. The Labute approximate surface area is 107 Å². The first-order valence-electron chi connectivity index (χ1n) is 5.44. The first-order chi connectivity index (χ1) is 8.93. The largest absolute Gasteiger partial charge is 0.493 e. The number of nitrogens with one attached hydrogen (secondary N) is 1. The SMILES string of the molecule is CN(C)n1c(O)c(-c2ccccc2F)c(=O)[nH]c1=O. The van der Waals surface area contributed by atoms with E-state index in [2.05, 4.69) is 0 Å². The van der Waals surface area contributed by atoms with Crippen molar-refractivity contribution in [3.8, 4) is 17.0 Å². The summed E-state index contributed by atoms with van der Waals surface area (Å²) in [5, 5.41) is 11.3. The Hall–Kier alpha value is -2.57. The van der Waals surface area contributed by atoms with Crippen molar-refractivity contribution in [1.29, 1.82) is 0 Å². The minimum atomic E-state index is -0.842. The van der Waals surface area contributed by atoms with Crippen LogP contribution in [0.4, 0.5) is 4.39 Å². The number of rotatable bonds is 2. The summed E-state index contributed by atoms with van der Waals surface area (Å²) in [5.74, 6) is -1.27. The fourth-order valence-corrected chi connectivity index (χ4v) is 1.79. The van der Waals surface area contributed by atoms with Crippen molar-refractivity contribution in [3.63, 3.8) is 0 Å². The molecule has 0 bridgehead atoms. The number of aromatic nitrogens is 2. The standard InChI is InChI=1S/C12H12FN3O3/c1-15(2)16-11(18)9(10(17)14-12(16)19)7-5-3-4-6-8(7)13/h3-6,18H,1-2H3,(H,14,17,19). The number of H-pyrrole nitrogens is 1. The quantitative estimate of drug-likeness (QED) is 0.815. The van der Waals surface area contributed by atoms with Gasteiger partial charge in [0.2, 0.25) is 5.88 Å². The molecule has 0 saturated heterocycles. The number of halogens is 1. The average molecular weight is 265 g/mol. The molecule has 100 valence electrons. The van der Waals surface area contributed by atoms with E-state index in [-0.39, 0.29) is 11.1 Å². The molecule has 2 N–H and O–H groups in total. The number of aromatic hydroxyl groups is 1. The third-order valence-electron chi connectivity index (χ3n) is 2.61. The zero-order chi connectivity index (χ0) is 14.2. The van der Waals surface area contributed by atoms with Crippen molar-refractivity contribution < 1.29 is 9.50 Å². The molecular formula is C12H12FN3O3. The molecule has 2 rings (SSSR count). The number of aromatic amines is 1. The van der Waals surface area contributed by atoms with Gasteiger partial charge in [-0.25, -0.2) is 9.18 Å². The lowest BCUT2D eigenvalue weighted by atomic mass is 10.1. The van der Waals surface area contributed by atoms with Crippen LogP contribution in [-0.2, 0) is 0 Å². The number of hydrogen-bond donors (Lipinski definition) is 2. The third kappa shape index (κ3) is 2.10. The molecule has 0 aliphatic rings. The number of hydrogen-bond acceptors (Lipinski definition) is 4. The van der Waals surface area contributed by atoms with Crippen molar-refractivity contribution >= 4 is 0 Å². The molecule has 0 atom stereocenters. The van der Waals surface area contributed by atoms with Gasteiger partial charge in [0, 0.05) is 19.7 Å². The monoisotopic (exact) mass is 265 g/mol. The second-order valence-electron chi connectivity index (χ2n) is 4.10. The van der Waals surface area contributed by atoms with Gasteiger partial charge in [0.1, 0.15) is 11.4 Å². The minimum absolute atomic E-state index is 0.0724. The van der Waals surface area contributed by atoms with E-state index in [1.807, 2.05) is 4.98 Å². The highest BCUT2D eigenvalue weighted by Crippen LogP contribution is 2.25. The van der Waals surface area contributed by atoms with Crippen LogP contribution in [0.25, 0.3) is 11.1 Å². The summed E-state index contributed by atoms with van der Waals surface area (Å²) in [7, 11) is 3.01. The summed E-state index contributed by atoms with van der Waals surface area (Å²) in [6.07, 6.45) is 0. The third-order valence-corrected chi connectivity index (χ3v) is 2.61. The fourth-order valence-electron chi connectivity index (χ4n) is 1.79. The molecule has 0 aliphatic carbocycles. The van der Waals surface area contributed by atoms with Gasteiger partial charge in [-0.3, -0.25) is 9.78 Å². The van der Waals surface area contributed by atoms with Crippen LogP contribution in [-0.4, -0.2) is 28.9 Å². The molecule has 0 amide bonds. The zero-order valence-corrected chi connectivity index (χ0v) is 10.3. The molecule has 1 aromatic heterocycles. The van der Waals surface area contributed by atoms with Crippen LogP contribution in [0.1, 0.15) is 0 Å². The Kier molecular flexibility index (Phi) is 3.12. The summed E-state index contributed by atoms with van der Waals surface area (Å²) in [6, 6.07) is 5.51. The van der Waals surface area contributed by atoms with Gasteiger partial charge in [0.05, 0.1) is 0 Å². The Morgan fingerprint density at radius 1 is 1.26 bits per heavy atom. The van der Waals surface area contributed by atoms with E-state index in [0.29, 0.717) is 0 Å². The first kappa shape index (κ1) is 12.9. The van der Waals surface area contributed by atoms with Gasteiger partial charge in [-0.1, -0.05) is 18.2 Å². The molecule has 0 saturated carbocycles. The van der Waals surface area contributed by atoms with E-state index >= 15 is 0 Å². The van der Waals surface area contributed by atoms with E-state index in [9.17, 15) is 19.1 Å². The zero-order valence-electron chi connectivity index (χ0n) is 10.3. The lowest BCUT2D eigenvalue weighted by Gasteiger charge is -2.18. The normalized spacial score (nSPS) is 10.5. The summed E-state index contributed by atoms with van der Waals surface area (Å²) >= 11 is 0. The molecule has 7 heteroatoms. The van der Waals surface area contributed by atoms with Gasteiger partial charge < -0.3 is 10.1 Å². The van der Waals surface area contributed by atoms with Crippen LogP contribution >= 0.6 is 0 Å². The van der Waals surface area contributed by atoms with Crippen LogP contribution in [0.2, 0.25) is 0 Å². The molecule has 1 aromatic carbocycles. The van der Waals surface area contributed by atoms with Crippen LogP contribution in [0.15, 0.2) is 33.9 Å². The Morgan fingerprint density at radius 2 is 1.89 bits per heavy atom. The number of nitrogens with zero attached hydrogens (tertiary/aromatic N) is 2. The maximum atomic E-state index is 13.7. The molecule has 19 heavy (non-hydrogen) atoms. The van der Waals surface area contributed by atoms with Crippen molar-refractivity contribution in [1.82, 2.24) is 9.66 Å². The molecule has 0 spiro atoms. The van der Waals surface area contributed by atoms with E-state index in [1.54, 1.807) is 0 Å². The highest BCUT2D eigenvalue weighted by atomic mass is 19.1. The van der Waals surface area contributed by atoms with Crippen LogP contribution in [0.5, 0.6) is 5.88 Å². The predicted molar refractivity (Wildman–Crippen MR) is 68.4 cm³/mol. The fraction of sp³-hybridized carbons (Fsp3) is 0.167. The van der Waals surface area contributed by atoms with Crippen molar-refractivity contribution in [2.24, 2.45) is 0 Å². The minimum Gasteiger partial charge on any atom is -0.493 e. The highest BCUT2D eigenvalue weighted by molar-refractivity contribution is 5.67. The van der Waals surface area contributed by atoms with E-state index < -0.39 is 22.9 Å². The lowest BCUT2D eigenvalue weighted by Crippen LogP contribution is -2.40. The van der Waals surface area contributed by atoms with Gasteiger partial charge in [-0.2, -0.15) is 4.68 Å². The van der Waals surface area contributed by atoms with E-state index in [0.717, 1.165) is 4.68 Å². The molecule has 0 fully saturated rings. The summed E-state index contributed by atoms with van der Waals surface area (Å²) in [5.41, 5.74) is -2.00. The lowest BCUT2D eigenvalue weighted by molar-refractivity contribution is 0.406. The Morgan fingerprint density at radius 3 is 2.47 bits per heavy atom. The van der Waals surface area contributed by atoms with Gasteiger partial charge in [-0.15, -0.1) is 0 Å². The van der Waals surface area contributed by atoms with E-state index in [4.69, 9.17) is 0 Å². The molecular weight excluding hydrogens is 253 g/mol. The van der Waals surface area contributed by atoms with Crippen molar-refractivity contribution in [2.75, 3.05) is 19.1 Å². The van der Waals surface area contributed by atoms with Crippen molar-refractivity contribution in [3.05, 3.63) is 50.9 Å². The maximum Gasteiger partial charge on any atom is 0.350 e. The average Bonchev–Trinajstić information content (AvgIpc) is 2.30. The molecule has 2 aromatic rings. The van der Waals surface area contributed by atoms with Gasteiger partial charge >= 0.3 is 5.69 Å². The molecule has 0 aliphatic heterocycles. The van der Waals surface area contributed by atoms with Crippen LogP contribution < -0.4 is 16.3 Å². The van der Waals surface area contributed by atoms with Gasteiger partial charge in [-0.05, 0) is 6.07 Å². The second kappa shape index (κ2) is 4.60. The van der Waals surface area contributed by atoms with E-state index in [1.165, 1.54) is 43.4 Å². The molecule has 0 radical (unpaired) electrons. The maximum absolute atomic E-state index is 13.7. The van der Waals surface area contributed by atoms with Crippen LogP contribution in [0, 0.1) is 5.82 Å². The first-order valence-corrected chi connectivity index (χ1v) is 5.44. The Bertz CT molecular complexity index is 734. The Balaban J connectivity index is 2.86. The summed E-state index contributed by atoms with van der Waals surface area (Å²) in [6.45, 7) is 0. The van der Waals surface area contributed by atoms with Crippen molar-refractivity contribution in [2.45, 2.75) is 0 Å². The molecule has 0 unspecified atom stereocenters. The van der Waals surface area contributed by atoms with Gasteiger partial charge in [0.25, 0.3) is 5.56 Å². The number of benzene rings is 1. The highest BCUT2D eigenvalue weighted by Gasteiger charge is 2.19. The second-order valence-corrected chi connectivity index (χ2v) is 4.10. The molecule has 1 heterocycles. The summed E-state index contributed by atoms with van der Waals surface area (Å²) < 4.78 is 14.5. The summed E-state index contributed by atoms with van der Waals surface area (Å²) in [4.78, 5) is 25.4. The van der Waals surface area contributed by atoms with Crippen LogP contribution in [0.3, 0.4) is 0 Å². The van der Waals surface area contributed by atoms with Gasteiger partial charge in [0.15, 0.2) is 0 Å².